The number of nitrogens with one attached hydrogen (secondary N) is 1. The standard InChI is InChI=1S/C11H14Cl2N2O3S2/c1-20(17,18)3-2-19-6-10(16)15-11-8(13)4-7(12)5-9(11)14/h4-5H,2-3,6,14H2,1H3,(H,15,16). The third kappa shape index (κ3) is 6.21. The molecule has 0 bridgehead atoms. The van der Waals surface area contributed by atoms with Gasteiger partial charge >= 0.3 is 0 Å². The highest BCUT2D eigenvalue weighted by molar-refractivity contribution is 8.01. The van der Waals surface area contributed by atoms with Gasteiger partial charge in [-0.05, 0) is 12.1 Å². The summed E-state index contributed by atoms with van der Waals surface area (Å²) in [4.78, 5) is 11.7. The minimum Gasteiger partial charge on any atom is -0.397 e. The molecule has 1 amide bonds. The van der Waals surface area contributed by atoms with Crippen LogP contribution in [0.4, 0.5) is 11.4 Å². The highest BCUT2D eigenvalue weighted by atomic mass is 35.5. The molecule has 1 aromatic carbocycles. The Kier molecular flexibility index (Phi) is 6.44. The number of sulfone groups is 1. The fraction of sp³-hybridized carbons (Fsp3) is 0.364. The summed E-state index contributed by atoms with van der Waals surface area (Å²) in [6, 6.07) is 2.96. The number of halogens is 2. The predicted molar refractivity (Wildman–Crippen MR) is 86.5 cm³/mol. The summed E-state index contributed by atoms with van der Waals surface area (Å²) in [5, 5.41) is 3.22. The molecule has 0 radical (unpaired) electrons. The van der Waals surface area contributed by atoms with E-state index in [9.17, 15) is 13.2 Å². The molecule has 0 aliphatic heterocycles. The molecule has 5 nitrogen and oxygen atoms in total. The zero-order valence-electron chi connectivity index (χ0n) is 10.7. The van der Waals surface area contributed by atoms with Gasteiger partial charge in [-0.3, -0.25) is 4.79 Å². The van der Waals surface area contributed by atoms with Gasteiger partial charge in [-0.1, -0.05) is 23.2 Å². The van der Waals surface area contributed by atoms with Gasteiger partial charge in [-0.2, -0.15) is 11.8 Å². The molecule has 1 rings (SSSR count). The van der Waals surface area contributed by atoms with Gasteiger partial charge in [0.15, 0.2) is 0 Å². The first-order valence-corrected chi connectivity index (χ1v) is 9.46. The molecule has 0 saturated heterocycles. The topological polar surface area (TPSA) is 89.3 Å². The lowest BCUT2D eigenvalue weighted by Gasteiger charge is -2.10. The number of nitrogens with two attached hydrogens (primary N) is 1. The lowest BCUT2D eigenvalue weighted by molar-refractivity contribution is -0.113. The van der Waals surface area contributed by atoms with E-state index in [0.29, 0.717) is 16.5 Å². The van der Waals surface area contributed by atoms with Crippen LogP contribution in [0.15, 0.2) is 12.1 Å². The summed E-state index contributed by atoms with van der Waals surface area (Å²) in [6.45, 7) is 0. The van der Waals surface area contributed by atoms with Crippen molar-refractivity contribution >= 4 is 62.1 Å². The average Bonchev–Trinajstić information content (AvgIpc) is 2.28. The number of rotatable bonds is 6. The van der Waals surface area contributed by atoms with Crippen molar-refractivity contribution in [2.45, 2.75) is 0 Å². The van der Waals surface area contributed by atoms with Crippen molar-refractivity contribution in [1.29, 1.82) is 0 Å². The molecular formula is C11H14Cl2N2O3S2. The van der Waals surface area contributed by atoms with E-state index >= 15 is 0 Å². The van der Waals surface area contributed by atoms with Crippen LogP contribution in [0.5, 0.6) is 0 Å². The number of hydrogen-bond acceptors (Lipinski definition) is 5. The second-order valence-corrected chi connectivity index (χ2v) is 8.29. The number of amides is 1. The first-order valence-electron chi connectivity index (χ1n) is 5.49. The van der Waals surface area contributed by atoms with Crippen LogP contribution in [-0.2, 0) is 14.6 Å². The second-order valence-electron chi connectivity index (χ2n) is 4.08. The molecule has 0 fully saturated rings. The minimum atomic E-state index is -3.01. The molecule has 0 heterocycles. The molecule has 0 spiro atoms. The highest BCUT2D eigenvalue weighted by Gasteiger charge is 2.11. The molecule has 0 aliphatic carbocycles. The number of nitrogen functional groups attached to an aromatic ring is 1. The first kappa shape index (κ1) is 17.4. The summed E-state index contributed by atoms with van der Waals surface area (Å²) < 4.78 is 21.9. The van der Waals surface area contributed by atoms with Crippen molar-refractivity contribution in [3.8, 4) is 0 Å². The van der Waals surface area contributed by atoms with E-state index in [-0.39, 0.29) is 28.1 Å². The minimum absolute atomic E-state index is 0.0365. The van der Waals surface area contributed by atoms with Crippen LogP contribution in [0.2, 0.25) is 10.0 Å². The lowest BCUT2D eigenvalue weighted by atomic mass is 10.2. The van der Waals surface area contributed by atoms with Gasteiger partial charge in [-0.15, -0.1) is 0 Å². The van der Waals surface area contributed by atoms with Gasteiger partial charge in [-0.25, -0.2) is 8.42 Å². The van der Waals surface area contributed by atoms with Gasteiger partial charge in [0.1, 0.15) is 9.84 Å². The summed E-state index contributed by atoms with van der Waals surface area (Å²) in [7, 11) is -3.01. The molecule has 0 aliphatic rings. The van der Waals surface area contributed by atoms with Crippen LogP contribution < -0.4 is 11.1 Å². The Bertz CT molecular complexity index is 583. The van der Waals surface area contributed by atoms with E-state index < -0.39 is 9.84 Å². The van der Waals surface area contributed by atoms with Gasteiger partial charge in [0.2, 0.25) is 5.91 Å². The van der Waals surface area contributed by atoms with E-state index in [2.05, 4.69) is 5.32 Å². The largest absolute Gasteiger partial charge is 0.397 e. The molecular weight excluding hydrogens is 343 g/mol. The van der Waals surface area contributed by atoms with Crippen molar-refractivity contribution in [2.24, 2.45) is 0 Å². The monoisotopic (exact) mass is 356 g/mol. The fourth-order valence-corrected chi connectivity index (χ4v) is 3.92. The third-order valence-electron chi connectivity index (χ3n) is 2.18. The van der Waals surface area contributed by atoms with Crippen molar-refractivity contribution in [1.82, 2.24) is 0 Å². The summed E-state index contributed by atoms with van der Waals surface area (Å²) in [5.74, 6) is 0.207. The molecule has 0 unspecified atom stereocenters. The predicted octanol–water partition coefficient (Wildman–Crippen LogP) is 2.29. The Hall–Kier alpha value is -0.630. The van der Waals surface area contributed by atoms with Crippen LogP contribution in [0.3, 0.4) is 0 Å². The zero-order chi connectivity index (χ0) is 15.3. The Morgan fingerprint density at radius 1 is 1.40 bits per heavy atom. The van der Waals surface area contributed by atoms with E-state index in [1.165, 1.54) is 23.9 Å². The maximum atomic E-state index is 11.7. The van der Waals surface area contributed by atoms with E-state index in [4.69, 9.17) is 28.9 Å². The van der Waals surface area contributed by atoms with Crippen LogP contribution in [-0.4, -0.2) is 37.8 Å². The van der Waals surface area contributed by atoms with Gasteiger partial charge in [0.25, 0.3) is 0 Å². The van der Waals surface area contributed by atoms with Crippen molar-refractivity contribution < 1.29 is 13.2 Å². The third-order valence-corrected chi connectivity index (χ3v) is 4.86. The molecule has 0 aromatic heterocycles. The SMILES string of the molecule is CS(=O)(=O)CCSCC(=O)Nc1c(N)cc(Cl)cc1Cl. The molecule has 0 atom stereocenters. The van der Waals surface area contributed by atoms with E-state index in [0.717, 1.165) is 6.26 Å². The van der Waals surface area contributed by atoms with E-state index in [1.54, 1.807) is 0 Å². The van der Waals surface area contributed by atoms with Crippen LogP contribution in [0, 0.1) is 0 Å². The molecule has 112 valence electrons. The Labute approximate surface area is 132 Å². The summed E-state index contributed by atoms with van der Waals surface area (Å²) in [5.41, 5.74) is 6.30. The Morgan fingerprint density at radius 2 is 2.05 bits per heavy atom. The van der Waals surface area contributed by atoms with Gasteiger partial charge in [0.05, 0.1) is 27.9 Å². The number of carbonyl (C=O) groups is 1. The normalized spacial score (nSPS) is 11.3. The zero-order valence-corrected chi connectivity index (χ0v) is 13.8. The maximum Gasteiger partial charge on any atom is 0.234 e. The molecule has 1 aromatic rings. The quantitative estimate of drug-likeness (QED) is 0.602. The van der Waals surface area contributed by atoms with Crippen molar-refractivity contribution in [3.05, 3.63) is 22.2 Å². The molecule has 20 heavy (non-hydrogen) atoms. The van der Waals surface area contributed by atoms with E-state index in [1.807, 2.05) is 0 Å². The first-order chi connectivity index (χ1) is 9.19. The van der Waals surface area contributed by atoms with Crippen LogP contribution in [0.25, 0.3) is 0 Å². The number of thioether (sulfide) groups is 1. The summed E-state index contributed by atoms with van der Waals surface area (Å²) >= 11 is 12.9. The number of carbonyl (C=O) groups excluding carboxylic acids is 1. The van der Waals surface area contributed by atoms with Crippen LogP contribution >= 0.6 is 35.0 Å². The summed E-state index contributed by atoms with van der Waals surface area (Å²) in [6.07, 6.45) is 1.15. The Morgan fingerprint density at radius 3 is 2.60 bits per heavy atom. The van der Waals surface area contributed by atoms with Crippen LogP contribution in [0.1, 0.15) is 0 Å². The van der Waals surface area contributed by atoms with Crippen molar-refractivity contribution in [2.75, 3.05) is 34.6 Å². The Balaban J connectivity index is 2.51. The van der Waals surface area contributed by atoms with Gasteiger partial charge < -0.3 is 11.1 Å². The molecule has 9 heteroatoms. The smallest absolute Gasteiger partial charge is 0.234 e. The highest BCUT2D eigenvalue weighted by Crippen LogP contribution is 2.32. The molecule has 0 saturated carbocycles. The average molecular weight is 357 g/mol. The lowest BCUT2D eigenvalue weighted by Crippen LogP contribution is -2.16. The van der Waals surface area contributed by atoms with Crippen molar-refractivity contribution in [3.63, 3.8) is 0 Å². The number of benzene rings is 1. The van der Waals surface area contributed by atoms with Gasteiger partial charge in [0, 0.05) is 17.0 Å². The fourth-order valence-electron chi connectivity index (χ4n) is 1.28. The molecule has 3 N–H and O–H groups in total. The number of hydrogen-bond donors (Lipinski definition) is 2. The number of anilines is 2. The maximum absolute atomic E-state index is 11.7. The second kappa shape index (κ2) is 7.40.